The molecule has 0 fully saturated rings. The lowest BCUT2D eigenvalue weighted by Crippen LogP contribution is -2.05. The highest BCUT2D eigenvalue weighted by molar-refractivity contribution is 7.13. The van der Waals surface area contributed by atoms with Gasteiger partial charge in [0.05, 0.1) is 21.7 Å². The average molecular weight is 352 g/mol. The van der Waals surface area contributed by atoms with Crippen molar-refractivity contribution >= 4 is 22.2 Å². The number of hydrogen-bond donors (Lipinski definition) is 2. The number of aryl methyl sites for hydroxylation is 2. The Labute approximate surface area is 142 Å². The molecule has 0 saturated heterocycles. The molecule has 6 heteroatoms. The van der Waals surface area contributed by atoms with Gasteiger partial charge in [-0.1, -0.05) is 12.1 Å². The summed E-state index contributed by atoms with van der Waals surface area (Å²) in [6, 6.07) is 6.37. The van der Waals surface area contributed by atoms with Crippen molar-refractivity contribution in [3.63, 3.8) is 0 Å². The standard InChI is InChI=1S/C18H19F3N2S/c1-11-8-10-24-17(11)16-13(5-2-3-9-22)12-6-4-7-14(15(12)23-16)18(19,20)21/h4,6-8,10,23H,2-3,5,9,22H2,1H3. The summed E-state index contributed by atoms with van der Waals surface area (Å²) in [6.45, 7) is 2.56. The van der Waals surface area contributed by atoms with Gasteiger partial charge < -0.3 is 10.7 Å². The lowest BCUT2D eigenvalue weighted by Gasteiger charge is -2.07. The van der Waals surface area contributed by atoms with Crippen LogP contribution in [0.1, 0.15) is 29.5 Å². The zero-order valence-electron chi connectivity index (χ0n) is 13.3. The molecule has 2 aromatic heterocycles. The summed E-state index contributed by atoms with van der Waals surface area (Å²) in [6.07, 6.45) is -1.95. The molecule has 0 amide bonds. The monoisotopic (exact) mass is 352 g/mol. The Morgan fingerprint density at radius 1 is 1.17 bits per heavy atom. The number of fused-ring (bicyclic) bond motifs is 1. The minimum absolute atomic E-state index is 0.176. The predicted molar refractivity (Wildman–Crippen MR) is 93.3 cm³/mol. The van der Waals surface area contributed by atoms with Gasteiger partial charge in [-0.2, -0.15) is 13.2 Å². The van der Waals surface area contributed by atoms with Gasteiger partial charge in [0.2, 0.25) is 0 Å². The second-order valence-corrected chi connectivity index (χ2v) is 6.80. The summed E-state index contributed by atoms with van der Waals surface area (Å²) in [7, 11) is 0. The summed E-state index contributed by atoms with van der Waals surface area (Å²) < 4.78 is 40.1. The number of benzene rings is 1. The highest BCUT2D eigenvalue weighted by Crippen LogP contribution is 2.41. The summed E-state index contributed by atoms with van der Waals surface area (Å²) >= 11 is 1.55. The number of para-hydroxylation sites is 1. The molecule has 0 saturated carbocycles. The fraction of sp³-hybridized carbons (Fsp3) is 0.333. The maximum atomic E-state index is 13.4. The Bertz CT molecular complexity index is 846. The van der Waals surface area contributed by atoms with Gasteiger partial charge >= 0.3 is 6.18 Å². The maximum Gasteiger partial charge on any atom is 0.418 e. The van der Waals surface area contributed by atoms with Crippen molar-refractivity contribution in [1.82, 2.24) is 4.98 Å². The summed E-state index contributed by atoms with van der Waals surface area (Å²) in [4.78, 5) is 4.07. The van der Waals surface area contributed by atoms with Crippen molar-refractivity contribution < 1.29 is 13.2 Å². The molecule has 24 heavy (non-hydrogen) atoms. The lowest BCUT2D eigenvalue weighted by atomic mass is 10.0. The van der Waals surface area contributed by atoms with Crippen LogP contribution in [0.2, 0.25) is 0 Å². The molecule has 2 nitrogen and oxygen atoms in total. The Kier molecular flexibility index (Phi) is 4.69. The topological polar surface area (TPSA) is 41.8 Å². The second-order valence-electron chi connectivity index (χ2n) is 5.88. The van der Waals surface area contributed by atoms with Crippen molar-refractivity contribution in [2.75, 3.05) is 6.54 Å². The highest BCUT2D eigenvalue weighted by atomic mass is 32.1. The van der Waals surface area contributed by atoms with Crippen LogP contribution in [0.5, 0.6) is 0 Å². The zero-order chi connectivity index (χ0) is 17.3. The fourth-order valence-corrected chi connectivity index (χ4v) is 3.99. The molecular weight excluding hydrogens is 333 g/mol. The van der Waals surface area contributed by atoms with Crippen LogP contribution in [0.15, 0.2) is 29.6 Å². The van der Waals surface area contributed by atoms with Crippen LogP contribution in [-0.4, -0.2) is 11.5 Å². The third-order valence-electron chi connectivity index (χ3n) is 4.22. The molecule has 1 aromatic carbocycles. The number of nitrogens with one attached hydrogen (secondary N) is 1. The van der Waals surface area contributed by atoms with Crippen LogP contribution in [0.25, 0.3) is 21.5 Å². The predicted octanol–water partition coefficient (Wildman–Crippen LogP) is 5.51. The zero-order valence-corrected chi connectivity index (χ0v) is 14.2. The number of hydrogen-bond acceptors (Lipinski definition) is 2. The molecule has 0 atom stereocenters. The first-order valence-electron chi connectivity index (χ1n) is 7.88. The van der Waals surface area contributed by atoms with E-state index < -0.39 is 11.7 Å². The van der Waals surface area contributed by atoms with Gasteiger partial charge in [-0.05, 0) is 61.4 Å². The van der Waals surface area contributed by atoms with Gasteiger partial charge in [0, 0.05) is 5.39 Å². The van der Waals surface area contributed by atoms with E-state index in [0.29, 0.717) is 18.4 Å². The number of rotatable bonds is 5. The van der Waals surface area contributed by atoms with Crippen molar-refractivity contribution in [2.24, 2.45) is 5.73 Å². The van der Waals surface area contributed by atoms with E-state index in [2.05, 4.69) is 4.98 Å². The van der Waals surface area contributed by atoms with E-state index in [4.69, 9.17) is 5.73 Å². The first-order valence-corrected chi connectivity index (χ1v) is 8.76. The minimum atomic E-state index is -4.37. The number of thiophene rings is 1. The molecule has 0 aliphatic heterocycles. The largest absolute Gasteiger partial charge is 0.418 e. The van der Waals surface area contributed by atoms with Crippen LogP contribution in [-0.2, 0) is 12.6 Å². The molecule has 0 unspecified atom stereocenters. The number of aromatic nitrogens is 1. The van der Waals surface area contributed by atoms with Crippen LogP contribution < -0.4 is 5.73 Å². The van der Waals surface area contributed by atoms with Gasteiger partial charge in [0.15, 0.2) is 0 Å². The first-order chi connectivity index (χ1) is 11.4. The van der Waals surface area contributed by atoms with E-state index in [9.17, 15) is 13.2 Å². The molecule has 0 bridgehead atoms. The van der Waals surface area contributed by atoms with Gasteiger partial charge in [0.25, 0.3) is 0 Å². The smallest absolute Gasteiger partial charge is 0.353 e. The Balaban J connectivity index is 2.22. The average Bonchev–Trinajstić information content (AvgIpc) is 3.10. The van der Waals surface area contributed by atoms with Crippen molar-refractivity contribution in [3.8, 4) is 10.6 Å². The third-order valence-corrected chi connectivity index (χ3v) is 5.25. The van der Waals surface area contributed by atoms with Gasteiger partial charge in [-0.3, -0.25) is 0 Å². The molecule has 0 spiro atoms. The number of nitrogens with two attached hydrogens (primary N) is 1. The number of H-pyrrole nitrogens is 1. The quantitative estimate of drug-likeness (QED) is 0.585. The second kappa shape index (κ2) is 6.61. The summed E-state index contributed by atoms with van der Waals surface area (Å²) in [5.74, 6) is 0. The third kappa shape index (κ3) is 3.08. The Hall–Kier alpha value is -1.79. The van der Waals surface area contributed by atoms with Crippen molar-refractivity contribution in [2.45, 2.75) is 32.4 Å². The molecule has 0 radical (unpaired) electrons. The normalized spacial score (nSPS) is 12.2. The van der Waals surface area contributed by atoms with E-state index in [-0.39, 0.29) is 5.52 Å². The first kappa shape index (κ1) is 17.0. The molecule has 3 rings (SSSR count). The summed E-state index contributed by atoms with van der Waals surface area (Å²) in [5, 5.41) is 2.62. The van der Waals surface area contributed by atoms with E-state index >= 15 is 0 Å². The van der Waals surface area contributed by atoms with Crippen molar-refractivity contribution in [3.05, 3.63) is 46.3 Å². The Morgan fingerprint density at radius 2 is 1.96 bits per heavy atom. The molecule has 0 aliphatic carbocycles. The molecule has 2 heterocycles. The SMILES string of the molecule is Cc1ccsc1-c1[nH]c2c(C(F)(F)F)cccc2c1CCCCN. The van der Waals surface area contributed by atoms with E-state index in [1.807, 2.05) is 18.4 Å². The molecule has 3 aromatic rings. The van der Waals surface area contributed by atoms with Gasteiger partial charge in [-0.15, -0.1) is 11.3 Å². The number of unbranched alkanes of at least 4 members (excludes halogenated alkanes) is 1. The van der Waals surface area contributed by atoms with E-state index in [0.717, 1.165) is 40.6 Å². The fourth-order valence-electron chi connectivity index (χ4n) is 3.04. The number of aromatic amines is 1. The van der Waals surface area contributed by atoms with Crippen LogP contribution in [0.4, 0.5) is 13.2 Å². The van der Waals surface area contributed by atoms with Gasteiger partial charge in [0.1, 0.15) is 0 Å². The number of alkyl halides is 3. The highest BCUT2D eigenvalue weighted by Gasteiger charge is 2.34. The number of halogens is 3. The van der Waals surface area contributed by atoms with Crippen LogP contribution in [0, 0.1) is 6.92 Å². The molecule has 128 valence electrons. The van der Waals surface area contributed by atoms with Crippen molar-refractivity contribution in [1.29, 1.82) is 0 Å². The minimum Gasteiger partial charge on any atom is -0.353 e. The molecule has 0 aliphatic rings. The Morgan fingerprint density at radius 3 is 2.58 bits per heavy atom. The maximum absolute atomic E-state index is 13.4. The van der Waals surface area contributed by atoms with Gasteiger partial charge in [-0.25, -0.2) is 0 Å². The van der Waals surface area contributed by atoms with Crippen LogP contribution >= 0.6 is 11.3 Å². The lowest BCUT2D eigenvalue weighted by molar-refractivity contribution is -0.136. The van der Waals surface area contributed by atoms with Crippen LogP contribution in [0.3, 0.4) is 0 Å². The molecular formula is C18H19F3N2S. The molecule has 3 N–H and O–H groups in total. The summed E-state index contributed by atoms with van der Waals surface area (Å²) in [5.41, 5.74) is 7.96. The van der Waals surface area contributed by atoms with E-state index in [1.165, 1.54) is 6.07 Å². The van der Waals surface area contributed by atoms with E-state index in [1.54, 1.807) is 17.4 Å².